The van der Waals surface area contributed by atoms with E-state index in [4.69, 9.17) is 10.9 Å². The monoisotopic (exact) mass is 299 g/mol. The molecule has 0 radical (unpaired) electrons. The number of sulfone groups is 1. The first-order valence-electron chi connectivity index (χ1n) is 5.79. The van der Waals surface area contributed by atoms with Gasteiger partial charge in [-0.1, -0.05) is 29.4 Å². The molecule has 0 spiro atoms. The van der Waals surface area contributed by atoms with Gasteiger partial charge in [0.05, 0.1) is 0 Å². The molecule has 0 saturated carbocycles. The summed E-state index contributed by atoms with van der Waals surface area (Å²) in [5.41, 5.74) is 6.74. The van der Waals surface area contributed by atoms with Gasteiger partial charge in [0.1, 0.15) is 5.25 Å². The number of nitrogens with two attached hydrogens (primary N) is 1. The van der Waals surface area contributed by atoms with Crippen LogP contribution in [0, 0.1) is 0 Å². The third kappa shape index (κ3) is 4.23. The Morgan fingerprint density at radius 1 is 1.40 bits per heavy atom. The molecule has 110 valence electrons. The molecule has 1 unspecified atom stereocenters. The van der Waals surface area contributed by atoms with Crippen molar-refractivity contribution in [2.75, 3.05) is 6.26 Å². The van der Waals surface area contributed by atoms with Gasteiger partial charge in [0.15, 0.2) is 15.7 Å². The first kappa shape index (κ1) is 16.0. The Balaban J connectivity index is 2.65. The minimum atomic E-state index is -3.40. The molecule has 0 bridgehead atoms. The molecule has 1 rings (SSSR count). The minimum absolute atomic E-state index is 0.00807. The molecule has 0 aliphatic rings. The number of oxime groups is 1. The van der Waals surface area contributed by atoms with Crippen molar-refractivity contribution in [1.29, 1.82) is 0 Å². The number of hydrogen-bond acceptors (Lipinski definition) is 5. The summed E-state index contributed by atoms with van der Waals surface area (Å²) in [6.07, 6.45) is 1.02. The van der Waals surface area contributed by atoms with Crippen LogP contribution in [0.2, 0.25) is 0 Å². The molecule has 0 aromatic heterocycles. The first-order chi connectivity index (χ1) is 9.25. The quantitative estimate of drug-likeness (QED) is 0.301. The molecule has 0 aliphatic heterocycles. The largest absolute Gasteiger partial charge is 0.409 e. The van der Waals surface area contributed by atoms with Gasteiger partial charge in [-0.15, -0.1) is 0 Å². The van der Waals surface area contributed by atoms with Crippen molar-refractivity contribution < 1.29 is 18.4 Å². The number of carbonyl (C=O) groups is 1. The third-order valence-electron chi connectivity index (χ3n) is 2.84. The van der Waals surface area contributed by atoms with Gasteiger partial charge in [0.25, 0.3) is 0 Å². The third-order valence-corrected chi connectivity index (χ3v) is 4.33. The summed E-state index contributed by atoms with van der Waals surface area (Å²) < 4.78 is 22.5. The predicted octanol–water partition coefficient (Wildman–Crippen LogP) is -0.170. The van der Waals surface area contributed by atoms with Crippen molar-refractivity contribution in [2.24, 2.45) is 10.9 Å². The molecule has 1 aromatic rings. The van der Waals surface area contributed by atoms with Gasteiger partial charge in [-0.3, -0.25) is 4.79 Å². The average Bonchev–Trinajstić information content (AvgIpc) is 2.42. The number of rotatable bonds is 5. The Bertz CT molecular complexity index is 608. The second-order valence-electron chi connectivity index (χ2n) is 4.37. The van der Waals surface area contributed by atoms with E-state index in [-0.39, 0.29) is 12.4 Å². The number of hydrogen-bond donors (Lipinski definition) is 3. The molecule has 4 N–H and O–H groups in total. The summed E-state index contributed by atoms with van der Waals surface area (Å²) in [6, 6.07) is 6.66. The Morgan fingerprint density at radius 2 is 1.95 bits per heavy atom. The standard InChI is InChI=1S/C12H17N3O4S/c1-8(20(2,18)19)12(16)14-7-9-3-5-10(6-4-9)11(13)15-17/h3-6,8,17H,7H2,1-2H3,(H2,13,15)(H,14,16). The number of carbonyl (C=O) groups excluding carboxylic acids is 1. The molecule has 1 aromatic carbocycles. The Kier molecular flexibility index (Phi) is 5.09. The molecular formula is C12H17N3O4S. The topological polar surface area (TPSA) is 122 Å². The molecule has 1 amide bonds. The second kappa shape index (κ2) is 6.38. The fourth-order valence-corrected chi connectivity index (χ4v) is 1.85. The van der Waals surface area contributed by atoms with E-state index in [1.54, 1.807) is 24.3 Å². The van der Waals surface area contributed by atoms with E-state index >= 15 is 0 Å². The molecular weight excluding hydrogens is 282 g/mol. The maximum atomic E-state index is 11.6. The van der Waals surface area contributed by atoms with Crippen LogP contribution in [0.5, 0.6) is 0 Å². The molecule has 8 heteroatoms. The lowest BCUT2D eigenvalue weighted by Gasteiger charge is -2.10. The van der Waals surface area contributed by atoms with Crippen molar-refractivity contribution in [1.82, 2.24) is 5.32 Å². The molecule has 0 saturated heterocycles. The lowest BCUT2D eigenvalue weighted by molar-refractivity contribution is -0.120. The number of nitrogens with one attached hydrogen (secondary N) is 1. The zero-order valence-corrected chi connectivity index (χ0v) is 12.0. The highest BCUT2D eigenvalue weighted by molar-refractivity contribution is 7.92. The van der Waals surface area contributed by atoms with Crippen molar-refractivity contribution in [3.05, 3.63) is 35.4 Å². The zero-order valence-electron chi connectivity index (χ0n) is 11.2. The summed E-state index contributed by atoms with van der Waals surface area (Å²) in [5, 5.41) is 12.8. The fourth-order valence-electron chi connectivity index (χ4n) is 1.38. The smallest absolute Gasteiger partial charge is 0.238 e. The summed E-state index contributed by atoms with van der Waals surface area (Å²) in [7, 11) is -3.40. The molecule has 0 heterocycles. The first-order valence-corrected chi connectivity index (χ1v) is 7.74. The zero-order chi connectivity index (χ0) is 15.3. The molecule has 1 atom stereocenters. The van der Waals surface area contributed by atoms with Gasteiger partial charge in [-0.25, -0.2) is 8.42 Å². The van der Waals surface area contributed by atoms with Crippen molar-refractivity contribution >= 4 is 21.6 Å². The Labute approximate surface area is 117 Å². The summed E-state index contributed by atoms with van der Waals surface area (Å²) in [4.78, 5) is 11.6. The van der Waals surface area contributed by atoms with Gasteiger partial charge in [0, 0.05) is 18.4 Å². The molecule has 0 aliphatic carbocycles. The number of nitrogens with zero attached hydrogens (tertiary/aromatic N) is 1. The van der Waals surface area contributed by atoms with E-state index < -0.39 is 21.0 Å². The maximum Gasteiger partial charge on any atom is 0.238 e. The lowest BCUT2D eigenvalue weighted by atomic mass is 10.1. The number of amides is 1. The van der Waals surface area contributed by atoms with Crippen LogP contribution in [0.4, 0.5) is 0 Å². The van der Waals surface area contributed by atoms with Crippen molar-refractivity contribution in [3.8, 4) is 0 Å². The summed E-state index contributed by atoms with van der Waals surface area (Å²) in [6.45, 7) is 1.54. The molecule has 20 heavy (non-hydrogen) atoms. The van der Waals surface area contributed by atoms with Crippen LogP contribution in [0.15, 0.2) is 29.4 Å². The van der Waals surface area contributed by atoms with Crippen LogP contribution >= 0.6 is 0 Å². The van der Waals surface area contributed by atoms with Gasteiger partial charge < -0.3 is 16.3 Å². The normalized spacial score (nSPS) is 13.8. The van der Waals surface area contributed by atoms with E-state index in [1.807, 2.05) is 0 Å². The summed E-state index contributed by atoms with van der Waals surface area (Å²) >= 11 is 0. The summed E-state index contributed by atoms with van der Waals surface area (Å²) in [5.74, 6) is -0.556. The second-order valence-corrected chi connectivity index (χ2v) is 6.74. The van der Waals surface area contributed by atoms with Crippen LogP contribution in [-0.4, -0.2) is 36.9 Å². The highest BCUT2D eigenvalue weighted by Crippen LogP contribution is 2.05. The van der Waals surface area contributed by atoms with Crippen LogP contribution in [0.1, 0.15) is 18.1 Å². The number of amidine groups is 1. The van der Waals surface area contributed by atoms with Gasteiger partial charge >= 0.3 is 0 Å². The van der Waals surface area contributed by atoms with Crippen LogP contribution in [-0.2, 0) is 21.2 Å². The van der Waals surface area contributed by atoms with Crippen LogP contribution in [0.25, 0.3) is 0 Å². The lowest BCUT2D eigenvalue weighted by Crippen LogP contribution is -2.37. The van der Waals surface area contributed by atoms with E-state index in [9.17, 15) is 13.2 Å². The van der Waals surface area contributed by atoms with Gasteiger partial charge in [-0.05, 0) is 12.5 Å². The van der Waals surface area contributed by atoms with Crippen LogP contribution < -0.4 is 11.1 Å². The fraction of sp³-hybridized carbons (Fsp3) is 0.333. The SMILES string of the molecule is CC(C(=O)NCc1ccc(/C(N)=N/O)cc1)S(C)(=O)=O. The van der Waals surface area contributed by atoms with Crippen LogP contribution in [0.3, 0.4) is 0 Å². The molecule has 0 fully saturated rings. The average molecular weight is 299 g/mol. The predicted molar refractivity (Wildman–Crippen MR) is 75.1 cm³/mol. The maximum absolute atomic E-state index is 11.6. The number of benzene rings is 1. The van der Waals surface area contributed by atoms with Crippen molar-refractivity contribution in [3.63, 3.8) is 0 Å². The molecule has 7 nitrogen and oxygen atoms in total. The van der Waals surface area contributed by atoms with E-state index in [1.165, 1.54) is 6.92 Å². The van der Waals surface area contributed by atoms with E-state index in [2.05, 4.69) is 10.5 Å². The van der Waals surface area contributed by atoms with Gasteiger partial charge in [0.2, 0.25) is 5.91 Å². The Morgan fingerprint density at radius 3 is 2.40 bits per heavy atom. The highest BCUT2D eigenvalue weighted by atomic mass is 32.2. The minimum Gasteiger partial charge on any atom is -0.409 e. The van der Waals surface area contributed by atoms with E-state index in [0.717, 1.165) is 11.8 Å². The van der Waals surface area contributed by atoms with E-state index in [0.29, 0.717) is 5.56 Å². The van der Waals surface area contributed by atoms with Gasteiger partial charge in [-0.2, -0.15) is 0 Å². The highest BCUT2D eigenvalue weighted by Gasteiger charge is 2.22. The van der Waals surface area contributed by atoms with Crippen molar-refractivity contribution in [2.45, 2.75) is 18.7 Å². The Hall–Kier alpha value is -2.09.